The van der Waals surface area contributed by atoms with Gasteiger partial charge < -0.3 is 24.3 Å². The number of carbonyl (C=O) groups is 1. The Kier molecular flexibility index (Phi) is 11.6. The predicted octanol–water partition coefficient (Wildman–Crippen LogP) is 7.62. The molecule has 0 fully saturated rings. The van der Waals surface area contributed by atoms with Gasteiger partial charge in [0, 0.05) is 19.0 Å². The van der Waals surface area contributed by atoms with Crippen molar-refractivity contribution in [1.82, 2.24) is 5.32 Å². The fraction of sp³-hybridized carbons (Fsp3) is 0.459. The summed E-state index contributed by atoms with van der Waals surface area (Å²) in [4.78, 5) is 12.0. The fourth-order valence-electron chi connectivity index (χ4n) is 5.89. The summed E-state index contributed by atoms with van der Waals surface area (Å²) in [5, 5.41) is 5.15. The normalized spacial score (nSPS) is 13.4. The number of hydrogen-bond acceptors (Lipinski definition) is 5. The summed E-state index contributed by atoms with van der Waals surface area (Å²) in [6.07, 6.45) is 22.1. The van der Waals surface area contributed by atoms with Crippen LogP contribution < -0.4 is 28.8 Å². The van der Waals surface area contributed by atoms with Crippen molar-refractivity contribution in [2.45, 2.75) is 84.1 Å². The molecule has 0 saturated carbocycles. The lowest BCUT2D eigenvalue weighted by atomic mass is 9.95. The van der Waals surface area contributed by atoms with Gasteiger partial charge in [0.1, 0.15) is 0 Å². The Morgan fingerprint density at radius 2 is 1.82 bits per heavy atom. The van der Waals surface area contributed by atoms with Gasteiger partial charge in [-0.25, -0.2) is 0 Å². The molecule has 0 radical (unpaired) electrons. The molecular formula is C37H47N2O5+. The van der Waals surface area contributed by atoms with Crippen LogP contribution in [0.3, 0.4) is 0 Å². The largest absolute Gasteiger partial charge is 0.493 e. The Morgan fingerprint density at radius 3 is 2.68 bits per heavy atom. The summed E-state index contributed by atoms with van der Waals surface area (Å²) in [7, 11) is 1.69. The number of rotatable bonds is 17. The van der Waals surface area contributed by atoms with Crippen LogP contribution in [0, 0.1) is 0 Å². The molecule has 0 aliphatic carbocycles. The highest BCUT2D eigenvalue weighted by molar-refractivity contribution is 5.92. The highest BCUT2D eigenvalue weighted by atomic mass is 16.7. The molecule has 1 aromatic heterocycles. The van der Waals surface area contributed by atoms with Crippen LogP contribution in [-0.4, -0.2) is 33.0 Å². The van der Waals surface area contributed by atoms with Crippen LogP contribution in [-0.2, 0) is 17.8 Å². The highest BCUT2D eigenvalue weighted by Gasteiger charge is 2.28. The van der Waals surface area contributed by atoms with Crippen molar-refractivity contribution in [3.8, 4) is 34.3 Å². The quantitative estimate of drug-likeness (QED) is 0.0748. The maximum Gasteiger partial charge on any atom is 0.243 e. The van der Waals surface area contributed by atoms with E-state index < -0.39 is 0 Å². The average molecular weight is 600 g/mol. The number of hydrogen-bond donors (Lipinski definition) is 1. The third-order valence-electron chi connectivity index (χ3n) is 8.35. The molecule has 1 amide bonds. The molecule has 234 valence electrons. The van der Waals surface area contributed by atoms with E-state index >= 15 is 0 Å². The van der Waals surface area contributed by atoms with E-state index in [9.17, 15) is 4.79 Å². The van der Waals surface area contributed by atoms with Gasteiger partial charge in [-0.15, -0.1) is 0 Å². The Bertz CT molecular complexity index is 1480. The molecule has 0 unspecified atom stereocenters. The summed E-state index contributed by atoms with van der Waals surface area (Å²) in [5.74, 6) is 3.17. The van der Waals surface area contributed by atoms with Crippen LogP contribution >= 0.6 is 0 Å². The number of fused-ring (bicyclic) bond motifs is 5. The maximum absolute atomic E-state index is 12.0. The molecule has 0 bridgehead atoms. The zero-order valence-corrected chi connectivity index (χ0v) is 26.4. The van der Waals surface area contributed by atoms with Gasteiger partial charge in [0.15, 0.2) is 35.7 Å². The van der Waals surface area contributed by atoms with Crippen molar-refractivity contribution in [3.05, 3.63) is 66.4 Å². The standard InChI is InChI=1S/C37H46N2O5/c1-3-4-5-6-7-8-9-10-13-16-36(40)38-20-14-11-12-15-22-42-37-31-26-39-21-19-29-24-34-35(44-27-43-34)25-30(29)32(39)23-28(31)17-18-33(37)41-2/h8-9,13,16-18,23-26H,3-7,10-12,14-15,19-22,27H2,1-2H3/p+1/b9-8-,16-13+. The van der Waals surface area contributed by atoms with E-state index in [0.717, 1.165) is 85.3 Å². The molecule has 1 N–H and O–H groups in total. The van der Waals surface area contributed by atoms with Gasteiger partial charge in [-0.05, 0) is 73.4 Å². The van der Waals surface area contributed by atoms with Gasteiger partial charge in [0.25, 0.3) is 0 Å². The van der Waals surface area contributed by atoms with Crippen LogP contribution in [0.2, 0.25) is 0 Å². The number of nitrogens with zero attached hydrogens (tertiary/aromatic N) is 1. The van der Waals surface area contributed by atoms with Gasteiger partial charge in [-0.2, -0.15) is 4.57 Å². The summed E-state index contributed by atoms with van der Waals surface area (Å²) in [6.45, 7) is 4.71. The molecular weight excluding hydrogens is 552 g/mol. The number of aromatic nitrogens is 1. The minimum Gasteiger partial charge on any atom is -0.493 e. The van der Waals surface area contributed by atoms with Crippen LogP contribution in [0.5, 0.6) is 23.0 Å². The number of amides is 1. The third kappa shape index (κ3) is 8.13. The van der Waals surface area contributed by atoms with Crippen LogP contribution in [0.4, 0.5) is 0 Å². The smallest absolute Gasteiger partial charge is 0.243 e. The monoisotopic (exact) mass is 599 g/mol. The second-order valence-corrected chi connectivity index (χ2v) is 11.6. The lowest BCUT2D eigenvalue weighted by molar-refractivity contribution is -0.686. The first-order valence-corrected chi connectivity index (χ1v) is 16.4. The van der Waals surface area contributed by atoms with Crippen molar-refractivity contribution in [3.63, 3.8) is 0 Å². The van der Waals surface area contributed by atoms with Crippen LogP contribution in [0.1, 0.15) is 76.7 Å². The fourth-order valence-corrected chi connectivity index (χ4v) is 5.89. The molecule has 44 heavy (non-hydrogen) atoms. The molecule has 2 aromatic carbocycles. The van der Waals surface area contributed by atoms with Crippen LogP contribution in [0.15, 0.2) is 60.8 Å². The number of benzene rings is 2. The number of allylic oxidation sites excluding steroid dienone is 3. The molecule has 7 nitrogen and oxygen atoms in total. The van der Waals surface area contributed by atoms with E-state index in [1.54, 1.807) is 13.2 Å². The molecule has 2 aliphatic rings. The third-order valence-corrected chi connectivity index (χ3v) is 8.35. The van der Waals surface area contributed by atoms with E-state index in [1.165, 1.54) is 42.5 Å². The number of unbranched alkanes of at least 4 members (excludes halogenated alkanes) is 7. The molecule has 0 spiro atoms. The van der Waals surface area contributed by atoms with E-state index in [1.807, 2.05) is 12.1 Å². The molecule has 2 aliphatic heterocycles. The highest BCUT2D eigenvalue weighted by Crippen LogP contribution is 2.41. The Balaban J connectivity index is 1.06. The lowest BCUT2D eigenvalue weighted by Crippen LogP contribution is -2.40. The zero-order chi connectivity index (χ0) is 30.6. The van der Waals surface area contributed by atoms with Gasteiger partial charge in [-0.3, -0.25) is 4.79 Å². The second kappa shape index (κ2) is 16.2. The minimum atomic E-state index is -0.0115. The minimum absolute atomic E-state index is 0.0115. The number of ether oxygens (including phenoxy) is 4. The average Bonchev–Trinajstić information content (AvgIpc) is 3.50. The van der Waals surface area contributed by atoms with E-state index in [4.69, 9.17) is 18.9 Å². The Labute approximate surface area is 261 Å². The SMILES string of the molecule is CCCCCC/C=C\C/C=C/C(=O)NCCCCCCOc1c(OC)ccc2cc3[n+](cc12)CCc1cc2c(cc1-3)OCO2. The Hall–Kier alpha value is -4.00. The molecule has 3 heterocycles. The van der Waals surface area contributed by atoms with Crippen molar-refractivity contribution in [2.75, 3.05) is 27.1 Å². The molecule has 3 aromatic rings. The lowest BCUT2D eigenvalue weighted by Gasteiger charge is -2.18. The van der Waals surface area contributed by atoms with Gasteiger partial charge in [0.2, 0.25) is 18.4 Å². The summed E-state index contributed by atoms with van der Waals surface area (Å²) in [6, 6.07) is 10.5. The summed E-state index contributed by atoms with van der Waals surface area (Å²) < 4.78 is 25.6. The predicted molar refractivity (Wildman–Crippen MR) is 175 cm³/mol. The van der Waals surface area contributed by atoms with Crippen molar-refractivity contribution in [1.29, 1.82) is 0 Å². The zero-order valence-electron chi connectivity index (χ0n) is 26.4. The van der Waals surface area contributed by atoms with Gasteiger partial charge in [0.05, 0.1) is 24.7 Å². The number of methoxy groups -OCH3 is 1. The van der Waals surface area contributed by atoms with E-state index in [2.05, 4.69) is 59.4 Å². The van der Waals surface area contributed by atoms with Crippen LogP contribution in [0.25, 0.3) is 22.0 Å². The van der Waals surface area contributed by atoms with Gasteiger partial charge >= 0.3 is 0 Å². The summed E-state index contributed by atoms with van der Waals surface area (Å²) >= 11 is 0. The van der Waals surface area contributed by atoms with Crippen molar-refractivity contribution >= 4 is 16.7 Å². The number of carbonyl (C=O) groups excluding carboxylic acids is 1. The maximum atomic E-state index is 12.0. The number of aryl methyl sites for hydroxylation is 2. The second-order valence-electron chi connectivity index (χ2n) is 11.6. The summed E-state index contributed by atoms with van der Waals surface area (Å²) in [5.41, 5.74) is 3.64. The molecule has 0 saturated heterocycles. The first-order valence-electron chi connectivity index (χ1n) is 16.4. The van der Waals surface area contributed by atoms with Crippen molar-refractivity contribution in [2.24, 2.45) is 0 Å². The first kappa shape index (κ1) is 31.4. The number of pyridine rings is 1. The van der Waals surface area contributed by atoms with E-state index in [-0.39, 0.29) is 12.7 Å². The molecule has 0 atom stereocenters. The molecule has 7 heteroatoms. The number of nitrogens with one attached hydrogen (secondary N) is 1. The Morgan fingerprint density at radius 1 is 0.977 bits per heavy atom. The van der Waals surface area contributed by atoms with Crippen molar-refractivity contribution < 1.29 is 28.3 Å². The topological polar surface area (TPSA) is 69.9 Å². The van der Waals surface area contributed by atoms with E-state index in [0.29, 0.717) is 13.2 Å². The molecule has 5 rings (SSSR count). The first-order chi connectivity index (χ1) is 21.7. The van der Waals surface area contributed by atoms with Gasteiger partial charge in [-0.1, -0.05) is 57.3 Å².